The van der Waals surface area contributed by atoms with Crippen molar-refractivity contribution in [3.05, 3.63) is 48.2 Å². The zero-order valence-electron chi connectivity index (χ0n) is 10.2. The lowest BCUT2D eigenvalue weighted by Crippen LogP contribution is -2.41. The van der Waals surface area contributed by atoms with E-state index in [4.69, 9.17) is 9.49 Å². The molecule has 0 aliphatic carbocycles. The number of hydrogen-bond donors (Lipinski definition) is 2. The molecule has 1 aliphatic heterocycles. The summed E-state index contributed by atoms with van der Waals surface area (Å²) in [6.45, 7) is 0.547. The summed E-state index contributed by atoms with van der Waals surface area (Å²) < 4.78 is 5.20. The van der Waals surface area contributed by atoms with Crippen LogP contribution in [0.1, 0.15) is 5.56 Å². The summed E-state index contributed by atoms with van der Waals surface area (Å²) in [7, 11) is -0.861. The van der Waals surface area contributed by atoms with E-state index in [1.165, 1.54) is 0 Å². The van der Waals surface area contributed by atoms with Gasteiger partial charge in [0.1, 0.15) is 0 Å². The SMILES string of the molecule is OB1OCCc2ccc(NOc3ccccn3)cc21. The molecular formula is C13H13BN2O3. The van der Waals surface area contributed by atoms with Crippen molar-refractivity contribution in [2.24, 2.45) is 0 Å². The van der Waals surface area contributed by atoms with Gasteiger partial charge in [-0.2, -0.15) is 0 Å². The van der Waals surface area contributed by atoms with Crippen LogP contribution in [0.5, 0.6) is 5.88 Å². The highest BCUT2D eigenvalue weighted by molar-refractivity contribution is 6.61. The van der Waals surface area contributed by atoms with Crippen molar-refractivity contribution in [2.45, 2.75) is 6.42 Å². The first kappa shape index (κ1) is 12.0. The molecular weight excluding hydrogens is 243 g/mol. The van der Waals surface area contributed by atoms with E-state index in [2.05, 4.69) is 10.5 Å². The highest BCUT2D eigenvalue weighted by Gasteiger charge is 2.24. The van der Waals surface area contributed by atoms with Crippen LogP contribution < -0.4 is 15.8 Å². The molecule has 0 unspecified atom stereocenters. The van der Waals surface area contributed by atoms with Crippen molar-refractivity contribution in [3.63, 3.8) is 0 Å². The molecule has 0 fully saturated rings. The van der Waals surface area contributed by atoms with Gasteiger partial charge in [-0.25, -0.2) is 10.5 Å². The Morgan fingerprint density at radius 3 is 3.11 bits per heavy atom. The van der Waals surface area contributed by atoms with Gasteiger partial charge in [0, 0.05) is 18.9 Å². The first-order valence-corrected chi connectivity index (χ1v) is 6.09. The van der Waals surface area contributed by atoms with E-state index >= 15 is 0 Å². The third kappa shape index (κ3) is 2.69. The van der Waals surface area contributed by atoms with Gasteiger partial charge in [0.15, 0.2) is 0 Å². The van der Waals surface area contributed by atoms with Crippen molar-refractivity contribution in [3.8, 4) is 5.88 Å². The fourth-order valence-electron chi connectivity index (χ4n) is 2.00. The van der Waals surface area contributed by atoms with Gasteiger partial charge in [-0.1, -0.05) is 12.1 Å². The lowest BCUT2D eigenvalue weighted by Gasteiger charge is -2.19. The molecule has 1 aromatic heterocycles. The second-order valence-corrected chi connectivity index (χ2v) is 4.26. The Kier molecular flexibility index (Phi) is 3.35. The molecule has 0 radical (unpaired) electrons. The number of anilines is 1. The van der Waals surface area contributed by atoms with Crippen LogP contribution in [-0.2, 0) is 11.1 Å². The molecule has 3 rings (SSSR count). The van der Waals surface area contributed by atoms with Crippen molar-refractivity contribution >= 4 is 18.3 Å². The number of benzene rings is 1. The Bertz CT molecular complexity index is 565. The zero-order chi connectivity index (χ0) is 13.1. The molecule has 6 heteroatoms. The summed E-state index contributed by atoms with van der Waals surface area (Å²) >= 11 is 0. The smallest absolute Gasteiger partial charge is 0.423 e. The van der Waals surface area contributed by atoms with Crippen molar-refractivity contribution < 1.29 is 14.5 Å². The van der Waals surface area contributed by atoms with Crippen LogP contribution in [0.15, 0.2) is 42.6 Å². The Morgan fingerprint density at radius 2 is 2.26 bits per heavy atom. The van der Waals surface area contributed by atoms with E-state index in [1.54, 1.807) is 12.3 Å². The largest absolute Gasteiger partial charge is 0.491 e. The molecule has 0 atom stereocenters. The normalized spacial score (nSPS) is 13.8. The number of aromatic nitrogens is 1. The van der Waals surface area contributed by atoms with Gasteiger partial charge in [-0.15, -0.1) is 0 Å². The van der Waals surface area contributed by atoms with Crippen molar-refractivity contribution in [2.75, 3.05) is 12.1 Å². The minimum atomic E-state index is -0.861. The molecule has 0 saturated heterocycles. The number of nitrogens with zero attached hydrogens (tertiary/aromatic N) is 1. The minimum absolute atomic E-state index is 0.483. The van der Waals surface area contributed by atoms with Crippen molar-refractivity contribution in [1.82, 2.24) is 4.98 Å². The van der Waals surface area contributed by atoms with Gasteiger partial charge < -0.3 is 14.5 Å². The zero-order valence-corrected chi connectivity index (χ0v) is 10.2. The van der Waals surface area contributed by atoms with Crippen LogP contribution in [0.25, 0.3) is 0 Å². The van der Waals surface area contributed by atoms with E-state index in [1.807, 2.05) is 30.3 Å². The predicted octanol–water partition coefficient (Wildman–Crippen LogP) is 0.748. The van der Waals surface area contributed by atoms with Crippen LogP contribution in [0.4, 0.5) is 5.69 Å². The molecule has 19 heavy (non-hydrogen) atoms. The molecule has 96 valence electrons. The van der Waals surface area contributed by atoms with E-state index in [-0.39, 0.29) is 0 Å². The topological polar surface area (TPSA) is 63.6 Å². The highest BCUT2D eigenvalue weighted by atomic mass is 16.7. The van der Waals surface area contributed by atoms with Gasteiger partial charge in [0.2, 0.25) is 5.88 Å². The number of pyridine rings is 1. The van der Waals surface area contributed by atoms with Crippen LogP contribution >= 0.6 is 0 Å². The van der Waals surface area contributed by atoms with Crippen LogP contribution in [0.2, 0.25) is 0 Å². The molecule has 0 bridgehead atoms. The summed E-state index contributed by atoms with van der Waals surface area (Å²) in [5.41, 5.74) is 5.42. The maximum absolute atomic E-state index is 9.77. The van der Waals surface area contributed by atoms with Crippen LogP contribution in [0.3, 0.4) is 0 Å². The lowest BCUT2D eigenvalue weighted by molar-refractivity contribution is 0.266. The lowest BCUT2D eigenvalue weighted by atomic mass is 9.73. The first-order chi connectivity index (χ1) is 9.33. The summed E-state index contributed by atoms with van der Waals surface area (Å²) in [5, 5.41) is 9.77. The van der Waals surface area contributed by atoms with Crippen molar-refractivity contribution in [1.29, 1.82) is 0 Å². The molecule has 1 aromatic carbocycles. The number of hydrogen-bond acceptors (Lipinski definition) is 5. The molecule has 2 N–H and O–H groups in total. The van der Waals surface area contributed by atoms with Gasteiger partial charge >= 0.3 is 7.12 Å². The average molecular weight is 256 g/mol. The minimum Gasteiger partial charge on any atom is -0.423 e. The fourth-order valence-corrected chi connectivity index (χ4v) is 2.00. The fraction of sp³-hybridized carbons (Fsp3) is 0.154. The average Bonchev–Trinajstić information content (AvgIpc) is 2.47. The Hall–Kier alpha value is -2.05. The molecule has 1 aliphatic rings. The molecule has 0 amide bonds. The number of fused-ring (bicyclic) bond motifs is 1. The first-order valence-electron chi connectivity index (χ1n) is 6.09. The van der Waals surface area contributed by atoms with Crippen LogP contribution in [0, 0.1) is 0 Å². The standard InChI is InChI=1S/C13H13BN2O3/c17-14-12-9-11(5-4-10(12)6-8-18-14)16-19-13-3-1-2-7-15-13/h1-5,7,9,16-17H,6,8H2. The Balaban J connectivity index is 1.74. The van der Waals surface area contributed by atoms with E-state index in [0.717, 1.165) is 23.1 Å². The van der Waals surface area contributed by atoms with E-state index in [0.29, 0.717) is 12.5 Å². The van der Waals surface area contributed by atoms with E-state index < -0.39 is 7.12 Å². The number of rotatable bonds is 3. The second-order valence-electron chi connectivity index (χ2n) is 4.26. The summed E-state index contributed by atoms with van der Waals surface area (Å²) in [4.78, 5) is 9.37. The summed E-state index contributed by atoms with van der Waals surface area (Å²) in [6, 6.07) is 11.1. The monoisotopic (exact) mass is 256 g/mol. The van der Waals surface area contributed by atoms with Gasteiger partial charge in [0.05, 0.1) is 5.69 Å². The Morgan fingerprint density at radius 1 is 1.32 bits per heavy atom. The number of nitrogens with one attached hydrogen (secondary N) is 1. The highest BCUT2D eigenvalue weighted by Crippen LogP contribution is 2.13. The van der Waals surface area contributed by atoms with Gasteiger partial charge in [-0.05, 0) is 35.6 Å². The van der Waals surface area contributed by atoms with Gasteiger partial charge in [0.25, 0.3) is 0 Å². The van der Waals surface area contributed by atoms with E-state index in [9.17, 15) is 5.02 Å². The molecule has 0 spiro atoms. The Labute approximate surface area is 111 Å². The maximum Gasteiger partial charge on any atom is 0.491 e. The summed E-state index contributed by atoms with van der Waals surface area (Å²) in [6.07, 6.45) is 2.47. The summed E-state index contributed by atoms with van der Waals surface area (Å²) in [5.74, 6) is 0.483. The quantitative estimate of drug-likeness (QED) is 0.626. The molecule has 2 heterocycles. The third-order valence-corrected chi connectivity index (χ3v) is 2.97. The molecule has 2 aromatic rings. The predicted molar refractivity (Wildman–Crippen MR) is 72.2 cm³/mol. The maximum atomic E-state index is 9.77. The van der Waals surface area contributed by atoms with Gasteiger partial charge in [-0.3, -0.25) is 0 Å². The third-order valence-electron chi connectivity index (χ3n) is 2.97. The second kappa shape index (κ2) is 5.30. The molecule has 0 saturated carbocycles. The molecule has 5 nitrogen and oxygen atoms in total. The van der Waals surface area contributed by atoms with Crippen LogP contribution in [-0.4, -0.2) is 23.7 Å².